The molecule has 0 aromatic carbocycles. The van der Waals surface area contributed by atoms with Crippen LogP contribution in [0.5, 0.6) is 0 Å². The summed E-state index contributed by atoms with van der Waals surface area (Å²) in [4.78, 5) is 49.7. The van der Waals surface area contributed by atoms with Crippen LogP contribution >= 0.6 is 15.9 Å². The number of nitrogens with one attached hydrogen (secondary N) is 3. The molecule has 0 saturated heterocycles. The summed E-state index contributed by atoms with van der Waals surface area (Å²) in [6, 6.07) is 0. The van der Waals surface area contributed by atoms with Crippen LogP contribution in [0.4, 0.5) is 5.69 Å². The third kappa shape index (κ3) is 4.05. The molecular weight excluding hydrogens is 322 g/mol. The number of aromatic amines is 2. The highest BCUT2D eigenvalue weighted by atomic mass is 79.9. The van der Waals surface area contributed by atoms with Crippen molar-refractivity contribution in [2.75, 3.05) is 17.3 Å². The lowest BCUT2D eigenvalue weighted by molar-refractivity contribution is -0.113. The molecule has 0 aliphatic rings. The molecule has 8 nitrogen and oxygen atoms in total. The fraction of sp³-hybridized carbons (Fsp3) is 0.400. The predicted octanol–water partition coefficient (Wildman–Crippen LogP) is -0.0366. The minimum absolute atomic E-state index is 0.0605. The largest absolute Gasteiger partial charge is 0.461 e. The van der Waals surface area contributed by atoms with Gasteiger partial charge in [-0.15, -0.1) is 0 Å². The van der Waals surface area contributed by atoms with Crippen LogP contribution < -0.4 is 16.6 Å². The van der Waals surface area contributed by atoms with Crippen LogP contribution in [0.25, 0.3) is 0 Å². The van der Waals surface area contributed by atoms with E-state index in [9.17, 15) is 19.2 Å². The fourth-order valence-corrected chi connectivity index (χ4v) is 1.34. The maximum atomic E-state index is 11.7. The molecule has 1 heterocycles. The standard InChI is InChI=1S/C10H12BrN3O5/c1-2-3-19-9(17)7-6(12-5(15)4-11)8(16)14-10(18)13-7/h2-4H2,1H3,(H,12,15)(H2,13,14,16,18). The monoisotopic (exact) mass is 333 g/mol. The number of esters is 1. The van der Waals surface area contributed by atoms with E-state index in [0.717, 1.165) is 0 Å². The molecule has 3 N–H and O–H groups in total. The number of hydrogen-bond donors (Lipinski definition) is 3. The minimum Gasteiger partial charge on any atom is -0.461 e. The van der Waals surface area contributed by atoms with Crippen LogP contribution in [-0.4, -0.2) is 33.8 Å². The summed E-state index contributed by atoms with van der Waals surface area (Å²) >= 11 is 2.90. The van der Waals surface area contributed by atoms with Crippen molar-refractivity contribution < 1.29 is 14.3 Å². The van der Waals surface area contributed by atoms with Crippen molar-refractivity contribution in [1.29, 1.82) is 0 Å². The van der Waals surface area contributed by atoms with Gasteiger partial charge < -0.3 is 10.1 Å². The number of halogens is 1. The molecule has 0 atom stereocenters. The first-order chi connectivity index (χ1) is 8.99. The molecule has 1 aromatic rings. The van der Waals surface area contributed by atoms with Gasteiger partial charge in [-0.2, -0.15) is 0 Å². The van der Waals surface area contributed by atoms with Gasteiger partial charge in [0, 0.05) is 0 Å². The van der Waals surface area contributed by atoms with E-state index in [1.54, 1.807) is 6.92 Å². The van der Waals surface area contributed by atoms with Gasteiger partial charge >= 0.3 is 11.7 Å². The van der Waals surface area contributed by atoms with Gasteiger partial charge in [0.2, 0.25) is 5.91 Å². The van der Waals surface area contributed by atoms with Crippen molar-refractivity contribution in [3.8, 4) is 0 Å². The summed E-state index contributed by atoms with van der Waals surface area (Å²) in [6.45, 7) is 1.93. The number of aromatic nitrogens is 2. The Morgan fingerprint density at radius 3 is 2.58 bits per heavy atom. The zero-order valence-electron chi connectivity index (χ0n) is 10.0. The van der Waals surface area contributed by atoms with E-state index in [-0.39, 0.29) is 23.3 Å². The average Bonchev–Trinajstić information content (AvgIpc) is 2.38. The Balaban J connectivity index is 3.20. The molecule has 0 aliphatic carbocycles. The summed E-state index contributed by atoms with van der Waals surface area (Å²) in [6.07, 6.45) is 0.586. The second kappa shape index (κ2) is 6.88. The molecule has 9 heteroatoms. The van der Waals surface area contributed by atoms with Crippen molar-refractivity contribution in [3.05, 3.63) is 26.5 Å². The predicted molar refractivity (Wildman–Crippen MR) is 70.7 cm³/mol. The van der Waals surface area contributed by atoms with Crippen LogP contribution in [0.1, 0.15) is 23.8 Å². The molecule has 0 fully saturated rings. The highest BCUT2D eigenvalue weighted by Gasteiger charge is 2.19. The Labute approximate surface area is 115 Å². The van der Waals surface area contributed by atoms with E-state index in [1.807, 2.05) is 4.98 Å². The Morgan fingerprint density at radius 2 is 2.00 bits per heavy atom. The number of ether oxygens (including phenoxy) is 1. The molecular formula is C10H12BrN3O5. The maximum Gasteiger partial charge on any atom is 0.357 e. The summed E-state index contributed by atoms with van der Waals surface area (Å²) in [5.74, 6) is -1.42. The second-order valence-corrected chi connectivity index (χ2v) is 4.04. The number of H-pyrrole nitrogens is 2. The summed E-state index contributed by atoms with van der Waals surface area (Å²) in [5, 5.41) is 2.15. The third-order valence-corrected chi connectivity index (χ3v) is 2.48. The van der Waals surface area contributed by atoms with E-state index in [1.165, 1.54) is 0 Å². The smallest absolute Gasteiger partial charge is 0.357 e. The van der Waals surface area contributed by atoms with Crippen LogP contribution in [0.15, 0.2) is 9.59 Å². The number of rotatable bonds is 5. The molecule has 0 spiro atoms. The highest BCUT2D eigenvalue weighted by Crippen LogP contribution is 2.07. The maximum absolute atomic E-state index is 11.7. The molecule has 0 radical (unpaired) electrons. The Bertz CT molecular complexity index is 592. The quantitative estimate of drug-likeness (QED) is 0.515. The van der Waals surface area contributed by atoms with Gasteiger partial charge in [-0.05, 0) is 6.42 Å². The Hall–Kier alpha value is -1.90. The van der Waals surface area contributed by atoms with Gasteiger partial charge in [-0.25, -0.2) is 9.59 Å². The number of anilines is 1. The molecule has 0 aliphatic heterocycles. The first-order valence-electron chi connectivity index (χ1n) is 5.39. The lowest BCUT2D eigenvalue weighted by atomic mass is 10.3. The van der Waals surface area contributed by atoms with Crippen LogP contribution in [-0.2, 0) is 9.53 Å². The van der Waals surface area contributed by atoms with Crippen molar-refractivity contribution in [2.24, 2.45) is 0 Å². The van der Waals surface area contributed by atoms with Gasteiger partial charge in [0.1, 0.15) is 5.69 Å². The van der Waals surface area contributed by atoms with Crippen LogP contribution in [0.3, 0.4) is 0 Å². The first-order valence-corrected chi connectivity index (χ1v) is 6.51. The van der Waals surface area contributed by atoms with Crippen LogP contribution in [0, 0.1) is 0 Å². The number of carbonyl (C=O) groups excluding carboxylic acids is 2. The normalized spacial score (nSPS) is 10.0. The first kappa shape index (κ1) is 15.2. The molecule has 1 rings (SSSR count). The topological polar surface area (TPSA) is 121 Å². The molecule has 19 heavy (non-hydrogen) atoms. The lowest BCUT2D eigenvalue weighted by Crippen LogP contribution is -2.32. The van der Waals surface area contributed by atoms with Crippen molar-refractivity contribution in [1.82, 2.24) is 9.97 Å². The average molecular weight is 334 g/mol. The SMILES string of the molecule is CCCOC(=O)c1[nH]c(=O)[nH]c(=O)c1NC(=O)CBr. The van der Waals surface area contributed by atoms with Crippen LogP contribution in [0.2, 0.25) is 0 Å². The van der Waals surface area contributed by atoms with E-state index in [4.69, 9.17) is 4.74 Å². The van der Waals surface area contributed by atoms with E-state index >= 15 is 0 Å². The highest BCUT2D eigenvalue weighted by molar-refractivity contribution is 9.09. The van der Waals surface area contributed by atoms with Gasteiger partial charge in [-0.3, -0.25) is 19.6 Å². The summed E-state index contributed by atoms with van der Waals surface area (Å²) in [7, 11) is 0. The Morgan fingerprint density at radius 1 is 1.32 bits per heavy atom. The molecule has 0 bridgehead atoms. The van der Waals surface area contributed by atoms with Crippen molar-refractivity contribution >= 4 is 33.5 Å². The summed E-state index contributed by atoms with van der Waals surface area (Å²) in [5.41, 5.74) is -2.45. The van der Waals surface area contributed by atoms with Gasteiger partial charge in [-0.1, -0.05) is 22.9 Å². The lowest BCUT2D eigenvalue weighted by Gasteiger charge is -2.08. The number of alkyl halides is 1. The molecule has 0 unspecified atom stereocenters. The molecule has 104 valence electrons. The number of carbonyl (C=O) groups is 2. The number of hydrogen-bond acceptors (Lipinski definition) is 5. The fourth-order valence-electron chi connectivity index (χ4n) is 1.20. The van der Waals surface area contributed by atoms with E-state index < -0.39 is 23.1 Å². The second-order valence-electron chi connectivity index (χ2n) is 3.48. The third-order valence-electron chi connectivity index (χ3n) is 1.97. The number of amides is 1. The van der Waals surface area contributed by atoms with Gasteiger partial charge in [0.25, 0.3) is 5.56 Å². The molecule has 1 aromatic heterocycles. The molecule has 0 saturated carbocycles. The molecule has 1 amide bonds. The van der Waals surface area contributed by atoms with Crippen molar-refractivity contribution in [3.63, 3.8) is 0 Å². The van der Waals surface area contributed by atoms with Crippen molar-refractivity contribution in [2.45, 2.75) is 13.3 Å². The zero-order valence-corrected chi connectivity index (χ0v) is 11.6. The van der Waals surface area contributed by atoms with Gasteiger partial charge in [0.05, 0.1) is 11.9 Å². The van der Waals surface area contributed by atoms with E-state index in [2.05, 4.69) is 26.2 Å². The zero-order chi connectivity index (χ0) is 14.4. The Kier molecular flexibility index (Phi) is 5.49. The van der Waals surface area contributed by atoms with Gasteiger partial charge in [0.15, 0.2) is 5.69 Å². The summed E-state index contributed by atoms with van der Waals surface area (Å²) < 4.78 is 4.82. The minimum atomic E-state index is -0.880. The van der Waals surface area contributed by atoms with E-state index in [0.29, 0.717) is 6.42 Å².